The monoisotopic (exact) mass is 417 g/mol. The first-order chi connectivity index (χ1) is 15.0. The summed E-state index contributed by atoms with van der Waals surface area (Å²) in [5.74, 6) is -0.161. The number of nitrogens with zero attached hydrogens (tertiary/aromatic N) is 2. The molecule has 0 atom stereocenters. The number of hydrogen-bond acceptors (Lipinski definition) is 6. The number of aromatic nitrogens is 2. The average molecular weight is 418 g/mol. The van der Waals surface area contributed by atoms with Gasteiger partial charge < -0.3 is 20.7 Å². The van der Waals surface area contributed by atoms with E-state index in [1.54, 1.807) is 18.3 Å². The summed E-state index contributed by atoms with van der Waals surface area (Å²) in [5, 5.41) is 9.78. The molecule has 0 spiro atoms. The summed E-state index contributed by atoms with van der Waals surface area (Å²) in [4.78, 5) is 21.3. The number of para-hydroxylation sites is 1. The summed E-state index contributed by atoms with van der Waals surface area (Å²) < 4.78 is 5.07. The first kappa shape index (κ1) is 20.8. The Hall–Kier alpha value is -3.45. The van der Waals surface area contributed by atoms with E-state index in [0.29, 0.717) is 18.1 Å². The standard InChI is InChI=1S/C24H27N5O2/c1-24(2)15-25-13-16-12-17(8-9-20(16)24)28-22(30)19-6-4-5-7-21(19)27-14-18-10-11-26-23(29-18)31-3/h4-12,25,27H,13-15H2,1-3H3,(H,28,30). The summed E-state index contributed by atoms with van der Waals surface area (Å²) in [6.45, 7) is 6.66. The maximum atomic E-state index is 13.0. The van der Waals surface area contributed by atoms with Crippen LogP contribution in [0.25, 0.3) is 0 Å². The summed E-state index contributed by atoms with van der Waals surface area (Å²) in [6.07, 6.45) is 1.65. The molecule has 3 N–H and O–H groups in total. The molecule has 0 fully saturated rings. The number of rotatable bonds is 6. The van der Waals surface area contributed by atoms with Crippen molar-refractivity contribution in [3.05, 3.63) is 77.1 Å². The van der Waals surface area contributed by atoms with E-state index in [9.17, 15) is 4.79 Å². The fraction of sp³-hybridized carbons (Fsp3) is 0.292. The minimum absolute atomic E-state index is 0.0797. The number of carbonyl (C=O) groups excluding carboxylic acids is 1. The van der Waals surface area contributed by atoms with Crippen LogP contribution in [0.15, 0.2) is 54.7 Å². The van der Waals surface area contributed by atoms with E-state index in [-0.39, 0.29) is 11.3 Å². The van der Waals surface area contributed by atoms with Crippen molar-refractivity contribution >= 4 is 17.3 Å². The molecule has 1 aliphatic rings. The Bertz CT molecular complexity index is 1100. The van der Waals surface area contributed by atoms with Crippen LogP contribution in [0.1, 0.15) is 41.0 Å². The van der Waals surface area contributed by atoms with Gasteiger partial charge in [-0.05, 0) is 41.5 Å². The normalized spacial score (nSPS) is 14.4. The molecular weight excluding hydrogens is 390 g/mol. The molecule has 31 heavy (non-hydrogen) atoms. The number of ether oxygens (including phenoxy) is 1. The number of anilines is 2. The molecule has 0 saturated carbocycles. The SMILES string of the molecule is COc1nccc(CNc2ccccc2C(=O)Nc2ccc3c(c2)CNCC3(C)C)n1. The number of carbonyl (C=O) groups is 1. The second-order valence-electron chi connectivity index (χ2n) is 8.25. The molecule has 0 unspecified atom stereocenters. The maximum Gasteiger partial charge on any atom is 0.316 e. The topological polar surface area (TPSA) is 88.2 Å². The van der Waals surface area contributed by atoms with Gasteiger partial charge in [0.05, 0.1) is 24.9 Å². The number of nitrogens with one attached hydrogen (secondary N) is 3. The first-order valence-corrected chi connectivity index (χ1v) is 10.3. The average Bonchev–Trinajstić information content (AvgIpc) is 2.77. The van der Waals surface area contributed by atoms with Crippen LogP contribution in [-0.2, 0) is 18.5 Å². The second-order valence-corrected chi connectivity index (χ2v) is 8.25. The highest BCUT2D eigenvalue weighted by atomic mass is 16.5. The lowest BCUT2D eigenvalue weighted by Gasteiger charge is -2.33. The lowest BCUT2D eigenvalue weighted by molar-refractivity contribution is 0.102. The molecule has 0 aliphatic carbocycles. The largest absolute Gasteiger partial charge is 0.467 e. The molecule has 2 heterocycles. The van der Waals surface area contributed by atoms with E-state index in [2.05, 4.69) is 51.9 Å². The van der Waals surface area contributed by atoms with E-state index in [4.69, 9.17) is 4.74 Å². The van der Waals surface area contributed by atoms with Crippen molar-refractivity contribution in [2.24, 2.45) is 0 Å². The van der Waals surface area contributed by atoms with Crippen molar-refractivity contribution in [3.8, 4) is 6.01 Å². The summed E-state index contributed by atoms with van der Waals surface area (Å²) >= 11 is 0. The van der Waals surface area contributed by atoms with Gasteiger partial charge in [-0.2, -0.15) is 4.98 Å². The van der Waals surface area contributed by atoms with Crippen LogP contribution >= 0.6 is 0 Å². The number of fused-ring (bicyclic) bond motifs is 1. The highest BCUT2D eigenvalue weighted by molar-refractivity contribution is 6.08. The predicted octanol–water partition coefficient (Wildman–Crippen LogP) is 3.73. The first-order valence-electron chi connectivity index (χ1n) is 10.3. The molecule has 2 aromatic carbocycles. The Morgan fingerprint density at radius 1 is 1.19 bits per heavy atom. The fourth-order valence-electron chi connectivity index (χ4n) is 3.88. The Labute approximate surface area is 182 Å². The third kappa shape index (κ3) is 4.67. The minimum Gasteiger partial charge on any atom is -0.467 e. The van der Waals surface area contributed by atoms with Crippen LogP contribution in [0.3, 0.4) is 0 Å². The second kappa shape index (κ2) is 8.73. The predicted molar refractivity (Wildman–Crippen MR) is 121 cm³/mol. The van der Waals surface area contributed by atoms with Gasteiger partial charge in [0.15, 0.2) is 0 Å². The van der Waals surface area contributed by atoms with Crippen LogP contribution in [0.5, 0.6) is 6.01 Å². The molecule has 1 aromatic heterocycles. The fourth-order valence-corrected chi connectivity index (χ4v) is 3.88. The Balaban J connectivity index is 1.49. The van der Waals surface area contributed by atoms with Crippen molar-refractivity contribution < 1.29 is 9.53 Å². The zero-order chi connectivity index (χ0) is 21.8. The van der Waals surface area contributed by atoms with E-state index < -0.39 is 0 Å². The summed E-state index contributed by atoms with van der Waals surface area (Å²) in [6, 6.07) is 15.7. The molecule has 160 valence electrons. The van der Waals surface area contributed by atoms with Crippen molar-refractivity contribution in [2.75, 3.05) is 24.3 Å². The summed E-state index contributed by atoms with van der Waals surface area (Å²) in [7, 11) is 1.53. The number of benzene rings is 2. The lowest BCUT2D eigenvalue weighted by Crippen LogP contribution is -2.38. The van der Waals surface area contributed by atoms with Gasteiger partial charge in [-0.25, -0.2) is 4.98 Å². The van der Waals surface area contributed by atoms with Gasteiger partial charge in [-0.3, -0.25) is 4.79 Å². The van der Waals surface area contributed by atoms with E-state index >= 15 is 0 Å². The molecule has 1 aliphatic heterocycles. The van der Waals surface area contributed by atoms with Crippen LogP contribution in [0.2, 0.25) is 0 Å². The summed E-state index contributed by atoms with van der Waals surface area (Å²) in [5.41, 5.74) is 5.49. The van der Waals surface area contributed by atoms with Crippen molar-refractivity contribution in [1.82, 2.24) is 15.3 Å². The van der Waals surface area contributed by atoms with Gasteiger partial charge in [0, 0.05) is 36.1 Å². The van der Waals surface area contributed by atoms with E-state index in [1.165, 1.54) is 18.2 Å². The molecule has 0 radical (unpaired) electrons. The Morgan fingerprint density at radius 2 is 2.03 bits per heavy atom. The third-order valence-corrected chi connectivity index (χ3v) is 5.48. The van der Waals surface area contributed by atoms with Crippen molar-refractivity contribution in [2.45, 2.75) is 32.4 Å². The van der Waals surface area contributed by atoms with Gasteiger partial charge in [-0.15, -0.1) is 0 Å². The lowest BCUT2D eigenvalue weighted by atomic mass is 9.79. The van der Waals surface area contributed by atoms with Gasteiger partial charge in [0.1, 0.15) is 0 Å². The van der Waals surface area contributed by atoms with Crippen molar-refractivity contribution in [3.63, 3.8) is 0 Å². The zero-order valence-corrected chi connectivity index (χ0v) is 18.0. The molecule has 0 bridgehead atoms. The number of methoxy groups -OCH3 is 1. The molecule has 1 amide bonds. The van der Waals surface area contributed by atoms with Crippen LogP contribution in [0, 0.1) is 0 Å². The molecule has 7 nitrogen and oxygen atoms in total. The molecule has 4 rings (SSSR count). The Kier molecular flexibility index (Phi) is 5.86. The maximum absolute atomic E-state index is 13.0. The van der Waals surface area contributed by atoms with E-state index in [1.807, 2.05) is 24.3 Å². The van der Waals surface area contributed by atoms with E-state index in [0.717, 1.165) is 30.2 Å². The van der Waals surface area contributed by atoms with Gasteiger partial charge in [0.25, 0.3) is 5.91 Å². The van der Waals surface area contributed by atoms with Crippen LogP contribution < -0.4 is 20.7 Å². The molecule has 0 saturated heterocycles. The number of hydrogen-bond donors (Lipinski definition) is 3. The smallest absolute Gasteiger partial charge is 0.316 e. The molecule has 7 heteroatoms. The molecule has 3 aromatic rings. The van der Waals surface area contributed by atoms with Crippen LogP contribution in [0.4, 0.5) is 11.4 Å². The zero-order valence-electron chi connectivity index (χ0n) is 18.0. The Morgan fingerprint density at radius 3 is 2.87 bits per heavy atom. The van der Waals surface area contributed by atoms with Crippen LogP contribution in [-0.4, -0.2) is 29.5 Å². The van der Waals surface area contributed by atoms with Gasteiger partial charge in [-0.1, -0.05) is 32.0 Å². The van der Waals surface area contributed by atoms with Gasteiger partial charge >= 0.3 is 6.01 Å². The third-order valence-electron chi connectivity index (χ3n) is 5.48. The van der Waals surface area contributed by atoms with Crippen molar-refractivity contribution in [1.29, 1.82) is 0 Å². The quantitative estimate of drug-likeness (QED) is 0.566. The number of amides is 1. The highest BCUT2D eigenvalue weighted by Crippen LogP contribution is 2.31. The highest BCUT2D eigenvalue weighted by Gasteiger charge is 2.27. The molecular formula is C24H27N5O2. The minimum atomic E-state index is -0.161. The van der Waals surface area contributed by atoms with Gasteiger partial charge in [0.2, 0.25) is 0 Å².